The minimum atomic E-state index is -5.04. The Kier molecular flexibility index (Phi) is 5.07. The van der Waals surface area contributed by atoms with Crippen molar-refractivity contribution in [3.8, 4) is 0 Å². The number of benzene rings is 1. The standard InChI is InChI=1S/C16H15F6N3O/c1-4-25-13(26)7-9(2)24(3)14(25)23-12-6-5-10(15(17,18)19)8-11(12)16(20,21)22/h5-8H,4H2,1-3H3. The van der Waals surface area contributed by atoms with Crippen molar-refractivity contribution in [2.45, 2.75) is 32.7 Å². The molecule has 0 aliphatic heterocycles. The van der Waals surface area contributed by atoms with Gasteiger partial charge in [0, 0.05) is 25.4 Å². The van der Waals surface area contributed by atoms with E-state index in [1.54, 1.807) is 13.8 Å². The van der Waals surface area contributed by atoms with E-state index in [1.807, 2.05) is 0 Å². The van der Waals surface area contributed by atoms with Crippen molar-refractivity contribution >= 4 is 5.69 Å². The molecule has 0 fully saturated rings. The van der Waals surface area contributed by atoms with E-state index in [0.717, 1.165) is 4.57 Å². The molecule has 1 aromatic heterocycles. The molecule has 2 rings (SSSR count). The minimum absolute atomic E-state index is 0.0169. The normalized spacial score (nSPS) is 13.3. The maximum Gasteiger partial charge on any atom is 0.418 e. The van der Waals surface area contributed by atoms with Crippen LogP contribution in [0.4, 0.5) is 32.0 Å². The van der Waals surface area contributed by atoms with Crippen molar-refractivity contribution in [1.29, 1.82) is 0 Å². The molecule has 26 heavy (non-hydrogen) atoms. The van der Waals surface area contributed by atoms with Crippen LogP contribution in [0.3, 0.4) is 0 Å². The van der Waals surface area contributed by atoms with Crippen molar-refractivity contribution in [3.63, 3.8) is 0 Å². The lowest BCUT2D eigenvalue weighted by Crippen LogP contribution is -2.39. The van der Waals surface area contributed by atoms with E-state index >= 15 is 0 Å². The molecule has 1 aromatic carbocycles. The highest BCUT2D eigenvalue weighted by Crippen LogP contribution is 2.40. The first-order valence-electron chi connectivity index (χ1n) is 7.47. The summed E-state index contributed by atoms with van der Waals surface area (Å²) in [6.07, 6.45) is -9.96. The number of aryl methyl sites for hydroxylation is 1. The van der Waals surface area contributed by atoms with Gasteiger partial charge in [-0.15, -0.1) is 0 Å². The molecule has 0 aliphatic rings. The fraction of sp³-hybridized carbons (Fsp3) is 0.375. The van der Waals surface area contributed by atoms with Crippen LogP contribution in [0.5, 0.6) is 0 Å². The predicted molar refractivity (Wildman–Crippen MR) is 81.8 cm³/mol. The lowest BCUT2D eigenvalue weighted by molar-refractivity contribution is -0.142. The molecule has 1 heterocycles. The molecule has 0 N–H and O–H groups in total. The molecule has 0 spiro atoms. The third kappa shape index (κ3) is 3.83. The first kappa shape index (κ1) is 19.8. The zero-order chi connectivity index (χ0) is 19.9. The van der Waals surface area contributed by atoms with Gasteiger partial charge in [0.1, 0.15) is 0 Å². The Morgan fingerprint density at radius 1 is 1.04 bits per heavy atom. The average Bonchev–Trinajstić information content (AvgIpc) is 2.50. The molecular weight excluding hydrogens is 364 g/mol. The van der Waals surface area contributed by atoms with E-state index in [1.165, 1.54) is 17.7 Å². The summed E-state index contributed by atoms with van der Waals surface area (Å²) < 4.78 is 80.6. The summed E-state index contributed by atoms with van der Waals surface area (Å²) in [4.78, 5) is 15.9. The molecule has 142 valence electrons. The Morgan fingerprint density at radius 3 is 2.15 bits per heavy atom. The van der Waals surface area contributed by atoms with Gasteiger partial charge in [-0.3, -0.25) is 9.36 Å². The Morgan fingerprint density at radius 2 is 1.65 bits per heavy atom. The highest BCUT2D eigenvalue weighted by Gasteiger charge is 2.38. The van der Waals surface area contributed by atoms with Crippen molar-refractivity contribution in [2.75, 3.05) is 0 Å². The van der Waals surface area contributed by atoms with Crippen molar-refractivity contribution in [1.82, 2.24) is 9.13 Å². The Bertz CT molecular complexity index is 950. The van der Waals surface area contributed by atoms with Crippen LogP contribution < -0.4 is 11.2 Å². The molecule has 4 nitrogen and oxygen atoms in total. The van der Waals surface area contributed by atoms with Gasteiger partial charge in [0.2, 0.25) is 5.62 Å². The van der Waals surface area contributed by atoms with Crippen molar-refractivity contribution in [2.24, 2.45) is 12.0 Å². The number of rotatable bonds is 2. The molecule has 0 amide bonds. The first-order chi connectivity index (χ1) is 11.9. The molecule has 0 saturated carbocycles. The Hall–Kier alpha value is -2.52. The molecule has 0 aliphatic carbocycles. The van der Waals surface area contributed by atoms with E-state index in [9.17, 15) is 31.1 Å². The molecule has 0 saturated heterocycles. The molecular formula is C16H15F6N3O. The third-order valence-corrected chi connectivity index (χ3v) is 3.83. The second-order valence-electron chi connectivity index (χ2n) is 5.57. The fourth-order valence-electron chi connectivity index (χ4n) is 2.37. The van der Waals surface area contributed by atoms with Crippen LogP contribution in [0.15, 0.2) is 34.1 Å². The van der Waals surface area contributed by atoms with Gasteiger partial charge in [-0.1, -0.05) is 0 Å². The van der Waals surface area contributed by atoms with E-state index in [4.69, 9.17) is 0 Å². The van der Waals surface area contributed by atoms with Crippen LogP contribution in [0.1, 0.15) is 23.7 Å². The summed E-state index contributed by atoms with van der Waals surface area (Å²) in [5.74, 6) is 0. The molecule has 10 heteroatoms. The maximum atomic E-state index is 13.3. The van der Waals surface area contributed by atoms with Crippen LogP contribution in [-0.4, -0.2) is 9.13 Å². The lowest BCUT2D eigenvalue weighted by Gasteiger charge is -2.15. The Labute approximate surface area is 144 Å². The number of nitrogens with zero attached hydrogens (tertiary/aromatic N) is 3. The highest BCUT2D eigenvalue weighted by atomic mass is 19.4. The second kappa shape index (κ2) is 6.65. The quantitative estimate of drug-likeness (QED) is 0.732. The SMILES string of the molecule is CCn1c(=O)cc(C)n(C)c1=Nc1ccc(C(F)(F)F)cc1C(F)(F)F. The number of halogens is 6. The summed E-state index contributed by atoms with van der Waals surface area (Å²) in [5.41, 5.74) is -3.77. The summed E-state index contributed by atoms with van der Waals surface area (Å²) in [6, 6.07) is 2.49. The summed E-state index contributed by atoms with van der Waals surface area (Å²) >= 11 is 0. The number of hydrogen-bond donors (Lipinski definition) is 0. The summed E-state index contributed by atoms with van der Waals surface area (Å²) in [7, 11) is 1.50. The van der Waals surface area contributed by atoms with E-state index < -0.39 is 34.7 Å². The number of alkyl halides is 6. The second-order valence-corrected chi connectivity index (χ2v) is 5.57. The first-order valence-corrected chi connectivity index (χ1v) is 7.47. The molecule has 0 atom stereocenters. The molecule has 0 radical (unpaired) electrons. The van der Waals surface area contributed by atoms with Gasteiger partial charge in [-0.25, -0.2) is 4.99 Å². The minimum Gasteiger partial charge on any atom is -0.319 e. The lowest BCUT2D eigenvalue weighted by atomic mass is 10.1. The topological polar surface area (TPSA) is 39.3 Å². The van der Waals surface area contributed by atoms with Gasteiger partial charge in [0.15, 0.2) is 0 Å². The van der Waals surface area contributed by atoms with Gasteiger partial charge in [0.25, 0.3) is 5.56 Å². The molecule has 0 unspecified atom stereocenters. The van der Waals surface area contributed by atoms with Crippen molar-refractivity contribution < 1.29 is 26.3 Å². The highest BCUT2D eigenvalue weighted by molar-refractivity contribution is 5.50. The van der Waals surface area contributed by atoms with Crippen LogP contribution in [0.25, 0.3) is 0 Å². The Balaban J connectivity index is 2.87. The number of hydrogen-bond acceptors (Lipinski definition) is 2. The van der Waals surface area contributed by atoms with E-state index in [-0.39, 0.29) is 18.2 Å². The molecule has 0 bridgehead atoms. The largest absolute Gasteiger partial charge is 0.418 e. The van der Waals surface area contributed by atoms with E-state index in [0.29, 0.717) is 17.8 Å². The summed E-state index contributed by atoms with van der Waals surface area (Å²) in [6.45, 7) is 3.30. The van der Waals surface area contributed by atoms with Gasteiger partial charge in [0.05, 0.1) is 16.8 Å². The van der Waals surface area contributed by atoms with Crippen LogP contribution in [0, 0.1) is 6.92 Å². The predicted octanol–water partition coefficient (Wildman–Crippen LogP) is 3.79. The summed E-state index contributed by atoms with van der Waals surface area (Å²) in [5, 5.41) is 0. The maximum absolute atomic E-state index is 13.3. The van der Waals surface area contributed by atoms with Crippen molar-refractivity contribution in [3.05, 3.63) is 57.1 Å². The average molecular weight is 379 g/mol. The zero-order valence-corrected chi connectivity index (χ0v) is 14.0. The van der Waals surface area contributed by atoms with Crippen LogP contribution in [-0.2, 0) is 25.9 Å². The van der Waals surface area contributed by atoms with Gasteiger partial charge in [-0.05, 0) is 32.0 Å². The monoisotopic (exact) mass is 379 g/mol. The number of aromatic nitrogens is 2. The van der Waals surface area contributed by atoms with Gasteiger partial charge < -0.3 is 4.57 Å². The fourth-order valence-corrected chi connectivity index (χ4v) is 2.37. The smallest absolute Gasteiger partial charge is 0.319 e. The van der Waals surface area contributed by atoms with Gasteiger partial charge >= 0.3 is 12.4 Å². The van der Waals surface area contributed by atoms with Crippen LogP contribution in [0.2, 0.25) is 0 Å². The zero-order valence-electron chi connectivity index (χ0n) is 14.0. The van der Waals surface area contributed by atoms with Crippen LogP contribution >= 0.6 is 0 Å². The van der Waals surface area contributed by atoms with E-state index in [2.05, 4.69) is 4.99 Å². The molecule has 2 aromatic rings. The van der Waals surface area contributed by atoms with Gasteiger partial charge in [-0.2, -0.15) is 26.3 Å². The third-order valence-electron chi connectivity index (χ3n) is 3.83.